The van der Waals surface area contributed by atoms with Crippen LogP contribution >= 0.6 is 0 Å². The van der Waals surface area contributed by atoms with Gasteiger partial charge in [-0.15, -0.1) is 0 Å². The minimum atomic E-state index is -0.927. The Hall–Kier alpha value is -2.64. The zero-order valence-corrected chi connectivity index (χ0v) is 19.0. The zero-order chi connectivity index (χ0) is 23.0. The van der Waals surface area contributed by atoms with E-state index in [2.05, 4.69) is 10.2 Å². The Morgan fingerprint density at radius 3 is 2.55 bits per heavy atom. The number of aliphatic hydroxyl groups excluding tert-OH is 1. The number of carbonyl (C=O) groups excluding carboxylic acids is 1. The topological polar surface area (TPSA) is 71.0 Å². The van der Waals surface area contributed by atoms with Crippen molar-refractivity contribution in [3.63, 3.8) is 0 Å². The van der Waals surface area contributed by atoms with E-state index in [9.17, 15) is 14.3 Å². The number of fused-ring (bicyclic) bond motifs is 1. The number of benzene rings is 2. The molecular weight excluding hydrogens is 423 g/mol. The van der Waals surface area contributed by atoms with Crippen LogP contribution < -0.4 is 14.8 Å². The van der Waals surface area contributed by atoms with E-state index < -0.39 is 17.6 Å². The highest BCUT2D eigenvalue weighted by Gasteiger charge is 2.53. The van der Waals surface area contributed by atoms with Crippen molar-refractivity contribution in [1.29, 1.82) is 0 Å². The molecule has 2 aromatic carbocycles. The first kappa shape index (κ1) is 22.2. The third-order valence-corrected chi connectivity index (χ3v) is 7.08. The molecule has 1 aliphatic carbocycles. The summed E-state index contributed by atoms with van der Waals surface area (Å²) >= 11 is 0. The van der Waals surface area contributed by atoms with E-state index in [0.717, 1.165) is 31.5 Å². The number of nitrogens with zero attached hydrogens (tertiary/aromatic N) is 1. The molecule has 0 bridgehead atoms. The van der Waals surface area contributed by atoms with Crippen molar-refractivity contribution in [2.75, 3.05) is 32.8 Å². The fourth-order valence-corrected chi connectivity index (χ4v) is 5.00. The van der Waals surface area contributed by atoms with E-state index in [4.69, 9.17) is 9.47 Å². The minimum Gasteiger partial charge on any atom is -0.486 e. The summed E-state index contributed by atoms with van der Waals surface area (Å²) in [4.78, 5) is 15.7. The molecule has 0 spiro atoms. The first-order valence-corrected chi connectivity index (χ1v) is 11.8. The molecule has 2 atom stereocenters. The molecule has 33 heavy (non-hydrogen) atoms. The van der Waals surface area contributed by atoms with Gasteiger partial charge in [0.25, 0.3) is 0 Å². The molecule has 5 rings (SSSR count). The smallest absolute Gasteiger partial charge is 0.231 e. The van der Waals surface area contributed by atoms with Crippen LogP contribution in [0.2, 0.25) is 0 Å². The number of nitrogens with one attached hydrogen (secondary N) is 1. The van der Waals surface area contributed by atoms with Crippen LogP contribution in [0.15, 0.2) is 36.4 Å². The number of ether oxygens (including phenoxy) is 2. The van der Waals surface area contributed by atoms with Crippen LogP contribution in [0, 0.1) is 12.7 Å². The van der Waals surface area contributed by atoms with Crippen LogP contribution in [-0.2, 0) is 10.2 Å². The highest BCUT2D eigenvalue weighted by Crippen LogP contribution is 2.49. The Bertz CT molecular complexity index is 1030. The molecule has 1 saturated carbocycles. The summed E-state index contributed by atoms with van der Waals surface area (Å²) in [6, 6.07) is 9.92. The van der Waals surface area contributed by atoms with Gasteiger partial charge in [0.05, 0.1) is 11.5 Å². The van der Waals surface area contributed by atoms with Crippen molar-refractivity contribution >= 4 is 5.91 Å². The number of hydrogen-bond donors (Lipinski definition) is 2. The predicted octanol–water partition coefficient (Wildman–Crippen LogP) is 3.25. The van der Waals surface area contributed by atoms with Crippen molar-refractivity contribution < 1.29 is 23.8 Å². The summed E-state index contributed by atoms with van der Waals surface area (Å²) in [7, 11) is 0. The number of rotatable bonds is 7. The average Bonchev–Trinajstić information content (AvgIpc) is 3.46. The molecule has 176 valence electrons. The van der Waals surface area contributed by atoms with Gasteiger partial charge >= 0.3 is 0 Å². The lowest BCUT2D eigenvalue weighted by Gasteiger charge is -2.31. The number of likely N-dealkylation sites (tertiary alicyclic amines) is 1. The normalized spacial score (nSPS) is 20.8. The second-order valence-electron chi connectivity index (χ2n) is 9.50. The third kappa shape index (κ3) is 4.44. The van der Waals surface area contributed by atoms with Gasteiger partial charge in [-0.3, -0.25) is 4.79 Å². The summed E-state index contributed by atoms with van der Waals surface area (Å²) in [5.41, 5.74) is 1.08. The van der Waals surface area contributed by atoms with Gasteiger partial charge in [-0.05, 0) is 75.0 Å². The lowest BCUT2D eigenvalue weighted by atomic mass is 9.92. The summed E-state index contributed by atoms with van der Waals surface area (Å²) in [5.74, 6) is 0.700. The van der Waals surface area contributed by atoms with Crippen LogP contribution in [-0.4, -0.2) is 54.8 Å². The van der Waals surface area contributed by atoms with Crippen molar-refractivity contribution in [2.45, 2.75) is 50.2 Å². The van der Waals surface area contributed by atoms with Gasteiger partial charge in [0, 0.05) is 12.1 Å². The fraction of sp³-hybridized carbons (Fsp3) is 0.500. The van der Waals surface area contributed by atoms with E-state index in [1.165, 1.54) is 6.07 Å². The van der Waals surface area contributed by atoms with Crippen molar-refractivity contribution in [2.24, 2.45) is 0 Å². The molecule has 2 aromatic rings. The second-order valence-corrected chi connectivity index (χ2v) is 9.50. The van der Waals surface area contributed by atoms with E-state index in [1.807, 2.05) is 19.1 Å². The molecule has 2 aliphatic heterocycles. The van der Waals surface area contributed by atoms with Gasteiger partial charge in [-0.25, -0.2) is 4.39 Å². The number of aliphatic hydroxyl groups is 1. The van der Waals surface area contributed by atoms with Gasteiger partial charge in [0.15, 0.2) is 11.5 Å². The van der Waals surface area contributed by atoms with Gasteiger partial charge in [0.1, 0.15) is 25.1 Å². The van der Waals surface area contributed by atoms with Crippen LogP contribution in [0.5, 0.6) is 11.5 Å². The molecule has 2 N–H and O–H groups in total. The van der Waals surface area contributed by atoms with Gasteiger partial charge in [-0.2, -0.15) is 0 Å². The lowest BCUT2D eigenvalue weighted by molar-refractivity contribution is -0.125. The molecule has 3 aliphatic rings. The summed E-state index contributed by atoms with van der Waals surface area (Å²) in [5, 5.41) is 14.4. The van der Waals surface area contributed by atoms with Crippen molar-refractivity contribution in [3.05, 3.63) is 58.9 Å². The number of carbonyl (C=O) groups is 1. The quantitative estimate of drug-likeness (QED) is 0.672. The maximum atomic E-state index is 14.7. The predicted molar refractivity (Wildman–Crippen MR) is 122 cm³/mol. The first-order valence-electron chi connectivity index (χ1n) is 11.8. The molecule has 7 heteroatoms. The van der Waals surface area contributed by atoms with Crippen LogP contribution in [0.3, 0.4) is 0 Å². The number of amides is 1. The molecule has 2 fully saturated rings. The van der Waals surface area contributed by atoms with E-state index >= 15 is 0 Å². The molecule has 1 saturated heterocycles. The van der Waals surface area contributed by atoms with Gasteiger partial charge < -0.3 is 24.8 Å². The van der Waals surface area contributed by atoms with Crippen LogP contribution in [0.25, 0.3) is 0 Å². The Labute approximate surface area is 193 Å². The monoisotopic (exact) mass is 454 g/mol. The maximum absolute atomic E-state index is 14.7. The van der Waals surface area contributed by atoms with Gasteiger partial charge in [-0.1, -0.05) is 18.2 Å². The summed E-state index contributed by atoms with van der Waals surface area (Å²) in [6.45, 7) is 5.22. The Morgan fingerprint density at radius 2 is 1.85 bits per heavy atom. The fourth-order valence-electron chi connectivity index (χ4n) is 5.00. The zero-order valence-electron chi connectivity index (χ0n) is 19.0. The Balaban J connectivity index is 1.39. The van der Waals surface area contributed by atoms with Gasteiger partial charge in [0.2, 0.25) is 5.91 Å². The SMILES string of the molecule is Cc1ccc(C2(C(=O)N[C@H](CN3CCCC3)[C@H](O)c3ccc4c(c3)OCCO4)CC2)c(F)c1. The standard InChI is InChI=1S/C26H31FN2O4/c1-17-4-6-19(20(27)14-17)26(8-9-26)25(31)28-21(16-29-10-2-3-11-29)24(30)18-5-7-22-23(15-18)33-13-12-32-22/h4-7,14-15,21,24,30H,2-3,8-13,16H2,1H3,(H,28,31)/t21-,24-/m1/s1. The van der Waals surface area contributed by atoms with E-state index in [0.29, 0.717) is 55.2 Å². The Morgan fingerprint density at radius 1 is 1.12 bits per heavy atom. The highest BCUT2D eigenvalue weighted by molar-refractivity contribution is 5.91. The molecule has 0 radical (unpaired) electrons. The van der Waals surface area contributed by atoms with E-state index in [1.54, 1.807) is 18.2 Å². The Kier molecular flexibility index (Phi) is 6.01. The molecule has 2 heterocycles. The van der Waals surface area contributed by atoms with Crippen molar-refractivity contribution in [3.8, 4) is 11.5 Å². The van der Waals surface area contributed by atoms with Crippen LogP contribution in [0.1, 0.15) is 48.5 Å². The molecular formula is C26H31FN2O4. The molecule has 1 amide bonds. The largest absolute Gasteiger partial charge is 0.486 e. The molecule has 0 unspecified atom stereocenters. The molecule has 0 aromatic heterocycles. The number of hydrogen-bond acceptors (Lipinski definition) is 5. The lowest BCUT2D eigenvalue weighted by Crippen LogP contribution is -2.50. The molecule has 6 nitrogen and oxygen atoms in total. The minimum absolute atomic E-state index is 0.217. The van der Waals surface area contributed by atoms with Crippen LogP contribution in [0.4, 0.5) is 4.39 Å². The van der Waals surface area contributed by atoms with Crippen molar-refractivity contribution in [1.82, 2.24) is 10.2 Å². The number of aryl methyl sites for hydroxylation is 1. The first-order chi connectivity index (χ1) is 16.0. The summed E-state index contributed by atoms with van der Waals surface area (Å²) in [6.07, 6.45) is 2.51. The third-order valence-electron chi connectivity index (χ3n) is 7.08. The number of halogens is 1. The summed E-state index contributed by atoms with van der Waals surface area (Å²) < 4.78 is 26.0. The average molecular weight is 455 g/mol. The highest BCUT2D eigenvalue weighted by atomic mass is 19.1. The maximum Gasteiger partial charge on any atom is 0.231 e. The second kappa shape index (κ2) is 8.95. The van der Waals surface area contributed by atoms with E-state index in [-0.39, 0.29) is 11.7 Å².